The molecule has 0 radical (unpaired) electrons. The molecule has 1 aromatic carbocycles. The molecule has 0 saturated carbocycles. The van der Waals surface area contributed by atoms with Crippen LogP contribution in [0.15, 0.2) is 12.1 Å². The van der Waals surface area contributed by atoms with E-state index in [1.165, 1.54) is 12.1 Å². The fourth-order valence-electron chi connectivity index (χ4n) is 2.87. The number of morpholine rings is 2. The number of amides is 2. The SMILES string of the molecule is O=C(NCC1CNCCO1)N1CCOC(c2cc(F)c(Cl)cc2Cl)C1. The Hall–Kier alpha value is -1.12. The second-order valence-corrected chi connectivity index (χ2v) is 6.79. The zero-order valence-corrected chi connectivity index (χ0v) is 15.1. The van der Waals surface area contributed by atoms with Crippen LogP contribution in [0.2, 0.25) is 10.0 Å². The molecule has 2 amide bonds. The molecule has 6 nitrogen and oxygen atoms in total. The zero-order valence-electron chi connectivity index (χ0n) is 13.6. The van der Waals surface area contributed by atoms with E-state index in [0.717, 1.165) is 6.54 Å². The van der Waals surface area contributed by atoms with Gasteiger partial charge in [0.05, 0.1) is 30.9 Å². The normalized spacial score (nSPS) is 24.2. The van der Waals surface area contributed by atoms with E-state index in [0.29, 0.717) is 43.4 Å². The fraction of sp³-hybridized carbons (Fsp3) is 0.562. The maximum absolute atomic E-state index is 13.7. The van der Waals surface area contributed by atoms with Gasteiger partial charge in [0, 0.05) is 36.8 Å². The fourth-order valence-corrected chi connectivity index (χ4v) is 3.38. The third kappa shape index (κ3) is 4.74. The van der Waals surface area contributed by atoms with E-state index in [9.17, 15) is 9.18 Å². The summed E-state index contributed by atoms with van der Waals surface area (Å²) >= 11 is 11.9. The number of carbonyl (C=O) groups is 1. The Morgan fingerprint density at radius 1 is 1.32 bits per heavy atom. The molecule has 0 spiro atoms. The topological polar surface area (TPSA) is 62.8 Å². The van der Waals surface area contributed by atoms with Crippen molar-refractivity contribution in [1.29, 1.82) is 0 Å². The number of rotatable bonds is 3. The van der Waals surface area contributed by atoms with Gasteiger partial charge in [0.15, 0.2) is 0 Å². The van der Waals surface area contributed by atoms with Gasteiger partial charge in [-0.25, -0.2) is 9.18 Å². The Kier molecular flexibility index (Phi) is 6.35. The van der Waals surface area contributed by atoms with Crippen LogP contribution in [0.5, 0.6) is 0 Å². The van der Waals surface area contributed by atoms with Crippen molar-refractivity contribution >= 4 is 29.2 Å². The van der Waals surface area contributed by atoms with Crippen molar-refractivity contribution in [2.24, 2.45) is 0 Å². The maximum atomic E-state index is 13.7. The molecule has 1 aromatic rings. The molecule has 2 saturated heterocycles. The van der Waals surface area contributed by atoms with Crippen LogP contribution < -0.4 is 10.6 Å². The lowest BCUT2D eigenvalue weighted by atomic mass is 10.1. The van der Waals surface area contributed by atoms with Gasteiger partial charge < -0.3 is 25.0 Å². The summed E-state index contributed by atoms with van der Waals surface area (Å²) in [5.74, 6) is -0.562. The van der Waals surface area contributed by atoms with Gasteiger partial charge in [0.1, 0.15) is 11.9 Å². The van der Waals surface area contributed by atoms with Gasteiger partial charge in [0.25, 0.3) is 0 Å². The number of nitrogens with zero attached hydrogens (tertiary/aromatic N) is 1. The van der Waals surface area contributed by atoms with Crippen molar-refractivity contribution < 1.29 is 18.7 Å². The Morgan fingerprint density at radius 3 is 2.92 bits per heavy atom. The quantitative estimate of drug-likeness (QED) is 0.775. The first-order chi connectivity index (χ1) is 12.0. The van der Waals surface area contributed by atoms with Crippen LogP contribution in [0.4, 0.5) is 9.18 Å². The number of halogens is 3. The van der Waals surface area contributed by atoms with Crippen LogP contribution in [0.25, 0.3) is 0 Å². The van der Waals surface area contributed by atoms with Crippen molar-refractivity contribution in [1.82, 2.24) is 15.5 Å². The smallest absolute Gasteiger partial charge is 0.317 e. The molecule has 2 atom stereocenters. The molecule has 0 aromatic heterocycles. The van der Waals surface area contributed by atoms with E-state index in [1.54, 1.807) is 4.90 Å². The van der Waals surface area contributed by atoms with Crippen LogP contribution >= 0.6 is 23.2 Å². The highest BCUT2D eigenvalue weighted by Crippen LogP contribution is 2.32. The molecule has 25 heavy (non-hydrogen) atoms. The maximum Gasteiger partial charge on any atom is 0.317 e. The van der Waals surface area contributed by atoms with Gasteiger partial charge in [-0.2, -0.15) is 0 Å². The van der Waals surface area contributed by atoms with Crippen molar-refractivity contribution in [3.8, 4) is 0 Å². The number of carbonyl (C=O) groups excluding carboxylic acids is 1. The van der Waals surface area contributed by atoms with E-state index in [-0.39, 0.29) is 23.7 Å². The average molecular weight is 392 g/mol. The number of nitrogens with one attached hydrogen (secondary N) is 2. The van der Waals surface area contributed by atoms with Crippen LogP contribution in [0.1, 0.15) is 11.7 Å². The van der Waals surface area contributed by atoms with Crippen molar-refractivity contribution in [3.05, 3.63) is 33.6 Å². The van der Waals surface area contributed by atoms with Crippen molar-refractivity contribution in [2.45, 2.75) is 12.2 Å². The Balaban J connectivity index is 1.58. The average Bonchev–Trinajstić information content (AvgIpc) is 2.63. The molecule has 2 aliphatic heterocycles. The number of hydrogen-bond acceptors (Lipinski definition) is 4. The van der Waals surface area contributed by atoms with Crippen molar-refractivity contribution in [2.75, 3.05) is 45.9 Å². The summed E-state index contributed by atoms with van der Waals surface area (Å²) in [6, 6.07) is 2.41. The number of benzene rings is 1. The predicted octanol–water partition coefficient (Wildman–Crippen LogP) is 2.20. The van der Waals surface area contributed by atoms with Gasteiger partial charge in [-0.1, -0.05) is 23.2 Å². The first kappa shape index (κ1) is 18.7. The molecule has 0 bridgehead atoms. The van der Waals surface area contributed by atoms with Crippen LogP contribution in [-0.2, 0) is 9.47 Å². The van der Waals surface area contributed by atoms with E-state index in [4.69, 9.17) is 32.7 Å². The molecule has 2 fully saturated rings. The second kappa shape index (κ2) is 8.51. The van der Waals surface area contributed by atoms with Crippen LogP contribution in [0.3, 0.4) is 0 Å². The first-order valence-electron chi connectivity index (χ1n) is 8.15. The summed E-state index contributed by atoms with van der Waals surface area (Å²) in [6.45, 7) is 3.71. The summed E-state index contributed by atoms with van der Waals surface area (Å²) in [5.41, 5.74) is 0.487. The van der Waals surface area contributed by atoms with E-state index < -0.39 is 11.9 Å². The summed E-state index contributed by atoms with van der Waals surface area (Å²) in [5, 5.41) is 6.36. The molecular weight excluding hydrogens is 372 g/mol. The molecule has 2 unspecified atom stereocenters. The molecular formula is C16H20Cl2FN3O3. The molecule has 3 rings (SSSR count). The Bertz CT molecular complexity index is 629. The minimum absolute atomic E-state index is 0.0330. The third-order valence-corrected chi connectivity index (χ3v) is 4.84. The minimum Gasteiger partial charge on any atom is -0.374 e. The van der Waals surface area contributed by atoms with Gasteiger partial charge in [-0.15, -0.1) is 0 Å². The van der Waals surface area contributed by atoms with Crippen LogP contribution in [-0.4, -0.2) is 63.0 Å². The highest BCUT2D eigenvalue weighted by atomic mass is 35.5. The number of hydrogen-bond donors (Lipinski definition) is 2. The zero-order chi connectivity index (χ0) is 17.8. The number of urea groups is 1. The van der Waals surface area contributed by atoms with E-state index in [1.807, 2.05) is 0 Å². The summed E-state index contributed by atoms with van der Waals surface area (Å²) in [6.07, 6.45) is -0.527. The Morgan fingerprint density at radius 2 is 2.16 bits per heavy atom. The van der Waals surface area contributed by atoms with E-state index in [2.05, 4.69) is 10.6 Å². The lowest BCUT2D eigenvalue weighted by molar-refractivity contribution is -0.0167. The minimum atomic E-state index is -0.562. The Labute approximate surface area is 155 Å². The van der Waals surface area contributed by atoms with Crippen molar-refractivity contribution in [3.63, 3.8) is 0 Å². The van der Waals surface area contributed by atoms with Gasteiger partial charge in [0.2, 0.25) is 0 Å². The molecule has 0 aliphatic carbocycles. The summed E-state index contributed by atoms with van der Waals surface area (Å²) in [4.78, 5) is 14.0. The molecule has 138 valence electrons. The largest absolute Gasteiger partial charge is 0.374 e. The van der Waals surface area contributed by atoms with Gasteiger partial charge in [-0.05, 0) is 12.1 Å². The number of ether oxygens (including phenoxy) is 2. The van der Waals surface area contributed by atoms with Crippen LogP contribution in [0, 0.1) is 5.82 Å². The first-order valence-corrected chi connectivity index (χ1v) is 8.91. The highest BCUT2D eigenvalue weighted by molar-refractivity contribution is 6.35. The highest BCUT2D eigenvalue weighted by Gasteiger charge is 2.28. The molecule has 2 N–H and O–H groups in total. The molecule has 2 aliphatic rings. The molecule has 9 heteroatoms. The van der Waals surface area contributed by atoms with E-state index >= 15 is 0 Å². The third-order valence-electron chi connectivity index (χ3n) is 4.23. The molecule has 2 heterocycles. The van der Waals surface area contributed by atoms with Gasteiger partial charge >= 0.3 is 6.03 Å². The van der Waals surface area contributed by atoms with Gasteiger partial charge in [-0.3, -0.25) is 0 Å². The standard InChI is InChI=1S/C16H20Cl2FN3O3/c17-12-6-13(18)14(19)5-11(12)15-9-22(2-4-25-15)16(23)21-8-10-7-20-1-3-24-10/h5-6,10,15,20H,1-4,7-9H2,(H,21,23). The monoisotopic (exact) mass is 391 g/mol. The lowest BCUT2D eigenvalue weighted by Gasteiger charge is -2.34. The summed E-state index contributed by atoms with van der Waals surface area (Å²) in [7, 11) is 0. The predicted molar refractivity (Wildman–Crippen MR) is 92.7 cm³/mol. The summed E-state index contributed by atoms with van der Waals surface area (Å²) < 4.78 is 25.0. The second-order valence-electron chi connectivity index (χ2n) is 5.98. The lowest BCUT2D eigenvalue weighted by Crippen LogP contribution is -2.51.